The Kier molecular flexibility index (Phi) is 50.5. The standard InChI is InChI=1S/C58H109NO5/c1-4-7-10-13-16-19-22-25-27-28-29-31-33-36-39-42-45-48-51-58(63)64-54(49-46-43-40-37-34-32-30-26-23-20-17-14-11-8-5-2)52-57(62)59-55(53-60)56(61)50-47-44-41-38-35-24-21-18-15-12-9-6-3/h17,20,26,29-31,54-56,60-61H,4-16,18-19,21-25,27-28,32-53H2,1-3H3,(H,59,62)/b20-17-,30-26-,31-29+. The van der Waals surface area contributed by atoms with Gasteiger partial charge < -0.3 is 20.3 Å². The quantitative estimate of drug-likeness (QED) is 0.0321. The fraction of sp³-hybridized carbons (Fsp3) is 0.862. The van der Waals surface area contributed by atoms with E-state index >= 15 is 0 Å². The number of amides is 1. The first-order valence-electron chi connectivity index (χ1n) is 28.2. The van der Waals surface area contributed by atoms with Gasteiger partial charge in [0.15, 0.2) is 0 Å². The summed E-state index contributed by atoms with van der Waals surface area (Å²) in [6.07, 6.45) is 62.1. The lowest BCUT2D eigenvalue weighted by atomic mass is 10.0. The van der Waals surface area contributed by atoms with Crippen LogP contribution in [-0.4, -0.2) is 46.9 Å². The van der Waals surface area contributed by atoms with Crippen molar-refractivity contribution in [3.05, 3.63) is 36.5 Å². The Morgan fingerprint density at radius 2 is 0.797 bits per heavy atom. The van der Waals surface area contributed by atoms with Gasteiger partial charge in [0.2, 0.25) is 5.91 Å². The number of esters is 1. The van der Waals surface area contributed by atoms with Crippen LogP contribution in [0.3, 0.4) is 0 Å². The van der Waals surface area contributed by atoms with E-state index in [9.17, 15) is 19.8 Å². The molecule has 6 nitrogen and oxygen atoms in total. The van der Waals surface area contributed by atoms with Gasteiger partial charge in [-0.2, -0.15) is 0 Å². The molecule has 0 radical (unpaired) electrons. The van der Waals surface area contributed by atoms with Crippen molar-refractivity contribution in [3.8, 4) is 0 Å². The van der Waals surface area contributed by atoms with Crippen molar-refractivity contribution in [2.45, 2.75) is 315 Å². The average Bonchev–Trinajstić information content (AvgIpc) is 3.29. The molecule has 0 aliphatic carbocycles. The molecule has 3 unspecified atom stereocenters. The van der Waals surface area contributed by atoms with Gasteiger partial charge in [0.1, 0.15) is 6.10 Å². The Bertz CT molecular complexity index is 1060. The summed E-state index contributed by atoms with van der Waals surface area (Å²) in [5.41, 5.74) is 0. The molecular weight excluding hydrogens is 791 g/mol. The Morgan fingerprint density at radius 1 is 0.453 bits per heavy atom. The van der Waals surface area contributed by atoms with Crippen molar-refractivity contribution >= 4 is 11.9 Å². The topological polar surface area (TPSA) is 95.9 Å². The third-order valence-corrected chi connectivity index (χ3v) is 12.9. The minimum Gasteiger partial charge on any atom is -0.462 e. The molecule has 0 rings (SSSR count). The molecule has 0 bridgehead atoms. The maximum absolute atomic E-state index is 13.2. The largest absolute Gasteiger partial charge is 0.462 e. The van der Waals surface area contributed by atoms with Gasteiger partial charge in [-0.15, -0.1) is 0 Å². The number of carbonyl (C=O) groups is 2. The van der Waals surface area contributed by atoms with Crippen molar-refractivity contribution in [3.63, 3.8) is 0 Å². The van der Waals surface area contributed by atoms with Crippen LogP contribution >= 0.6 is 0 Å². The molecule has 0 aliphatic heterocycles. The lowest BCUT2D eigenvalue weighted by Gasteiger charge is -2.24. The van der Waals surface area contributed by atoms with Crippen LogP contribution in [0, 0.1) is 0 Å². The van der Waals surface area contributed by atoms with E-state index in [4.69, 9.17) is 4.74 Å². The molecule has 3 atom stereocenters. The molecule has 64 heavy (non-hydrogen) atoms. The zero-order chi connectivity index (χ0) is 46.7. The zero-order valence-electron chi connectivity index (χ0n) is 42.9. The van der Waals surface area contributed by atoms with Crippen LogP contribution in [0.25, 0.3) is 0 Å². The molecule has 0 heterocycles. The second kappa shape index (κ2) is 52.1. The SMILES string of the molecule is CCCCC/C=C\C/C=C\CCCCCCCC(CC(=O)NC(CO)C(O)CCCCCCCCCCCCCC)OC(=O)CCCCCCC/C=C/CCCCCCCCCCC. The van der Waals surface area contributed by atoms with E-state index in [1.165, 1.54) is 173 Å². The van der Waals surface area contributed by atoms with E-state index in [0.717, 1.165) is 77.0 Å². The molecule has 0 aromatic rings. The predicted octanol–water partition coefficient (Wildman–Crippen LogP) is 17.2. The third-order valence-electron chi connectivity index (χ3n) is 12.9. The molecular formula is C58H109NO5. The molecule has 0 fully saturated rings. The Hall–Kier alpha value is -1.92. The number of allylic oxidation sites excluding steroid dienone is 6. The summed E-state index contributed by atoms with van der Waals surface area (Å²) in [4.78, 5) is 26.2. The van der Waals surface area contributed by atoms with Crippen LogP contribution < -0.4 is 5.32 Å². The first-order valence-corrected chi connectivity index (χ1v) is 28.2. The summed E-state index contributed by atoms with van der Waals surface area (Å²) >= 11 is 0. The molecule has 0 saturated heterocycles. The van der Waals surface area contributed by atoms with E-state index in [0.29, 0.717) is 19.3 Å². The summed E-state index contributed by atoms with van der Waals surface area (Å²) in [5, 5.41) is 23.8. The van der Waals surface area contributed by atoms with Crippen LogP contribution in [0.15, 0.2) is 36.5 Å². The number of rotatable bonds is 51. The average molecular weight is 901 g/mol. The van der Waals surface area contributed by atoms with E-state index in [2.05, 4.69) is 62.5 Å². The van der Waals surface area contributed by atoms with Gasteiger partial charge in [0.05, 0.1) is 25.2 Å². The lowest BCUT2D eigenvalue weighted by Crippen LogP contribution is -2.46. The van der Waals surface area contributed by atoms with E-state index in [1.807, 2.05) is 0 Å². The number of hydrogen-bond acceptors (Lipinski definition) is 5. The van der Waals surface area contributed by atoms with Crippen molar-refractivity contribution in [1.82, 2.24) is 5.32 Å². The van der Waals surface area contributed by atoms with Crippen LogP contribution in [-0.2, 0) is 14.3 Å². The number of aliphatic hydroxyl groups excluding tert-OH is 2. The van der Waals surface area contributed by atoms with Crippen LogP contribution in [0.5, 0.6) is 0 Å². The first kappa shape index (κ1) is 62.1. The minimum atomic E-state index is -0.791. The first-order chi connectivity index (χ1) is 31.5. The van der Waals surface area contributed by atoms with Gasteiger partial charge in [-0.25, -0.2) is 0 Å². The van der Waals surface area contributed by atoms with Gasteiger partial charge in [0.25, 0.3) is 0 Å². The fourth-order valence-electron chi connectivity index (χ4n) is 8.63. The molecule has 0 saturated carbocycles. The number of carbonyl (C=O) groups excluding carboxylic acids is 2. The van der Waals surface area contributed by atoms with Gasteiger partial charge in [-0.3, -0.25) is 9.59 Å². The number of unbranched alkanes of at least 4 members (excludes halogenated alkanes) is 33. The highest BCUT2D eigenvalue weighted by Gasteiger charge is 2.24. The third kappa shape index (κ3) is 46.6. The highest BCUT2D eigenvalue weighted by molar-refractivity contribution is 5.77. The highest BCUT2D eigenvalue weighted by atomic mass is 16.5. The predicted molar refractivity (Wildman–Crippen MR) is 278 cm³/mol. The van der Waals surface area contributed by atoms with Crippen molar-refractivity contribution in [1.29, 1.82) is 0 Å². The maximum Gasteiger partial charge on any atom is 0.306 e. The Morgan fingerprint density at radius 3 is 1.23 bits per heavy atom. The summed E-state index contributed by atoms with van der Waals surface area (Å²) in [7, 11) is 0. The second-order valence-corrected chi connectivity index (χ2v) is 19.3. The van der Waals surface area contributed by atoms with Gasteiger partial charge in [-0.1, -0.05) is 237 Å². The number of nitrogens with one attached hydrogen (secondary N) is 1. The molecule has 0 aliphatic rings. The second-order valence-electron chi connectivity index (χ2n) is 19.3. The summed E-state index contributed by atoms with van der Waals surface area (Å²) < 4.78 is 5.95. The Labute approximate surface area is 398 Å². The Balaban J connectivity index is 4.57. The minimum absolute atomic E-state index is 0.0675. The number of aliphatic hydroxyl groups is 2. The molecule has 3 N–H and O–H groups in total. The van der Waals surface area contributed by atoms with Crippen LogP contribution in [0.2, 0.25) is 0 Å². The van der Waals surface area contributed by atoms with Crippen LogP contribution in [0.1, 0.15) is 297 Å². The molecule has 1 amide bonds. The summed E-state index contributed by atoms with van der Waals surface area (Å²) in [6.45, 7) is 6.47. The van der Waals surface area contributed by atoms with Gasteiger partial charge >= 0.3 is 5.97 Å². The zero-order valence-corrected chi connectivity index (χ0v) is 42.9. The molecule has 0 aromatic carbocycles. The van der Waals surface area contributed by atoms with Crippen molar-refractivity contribution in [2.75, 3.05) is 6.61 Å². The maximum atomic E-state index is 13.2. The van der Waals surface area contributed by atoms with E-state index < -0.39 is 18.2 Å². The number of ether oxygens (including phenoxy) is 1. The van der Waals surface area contributed by atoms with Crippen LogP contribution in [0.4, 0.5) is 0 Å². The molecule has 0 spiro atoms. The monoisotopic (exact) mass is 900 g/mol. The van der Waals surface area contributed by atoms with Crippen molar-refractivity contribution < 1.29 is 24.5 Å². The van der Waals surface area contributed by atoms with E-state index in [1.54, 1.807) is 0 Å². The summed E-state index contributed by atoms with van der Waals surface area (Å²) in [5.74, 6) is -0.485. The van der Waals surface area contributed by atoms with Crippen molar-refractivity contribution in [2.24, 2.45) is 0 Å². The highest BCUT2D eigenvalue weighted by Crippen LogP contribution is 2.18. The van der Waals surface area contributed by atoms with Gasteiger partial charge in [0, 0.05) is 6.42 Å². The fourth-order valence-corrected chi connectivity index (χ4v) is 8.63. The van der Waals surface area contributed by atoms with Gasteiger partial charge in [-0.05, 0) is 83.5 Å². The van der Waals surface area contributed by atoms with E-state index in [-0.39, 0.29) is 24.9 Å². The normalized spacial score (nSPS) is 13.4. The summed E-state index contributed by atoms with van der Waals surface area (Å²) in [6, 6.07) is -0.706. The smallest absolute Gasteiger partial charge is 0.306 e. The molecule has 0 aromatic heterocycles. The number of hydrogen-bond donors (Lipinski definition) is 3. The molecule has 6 heteroatoms. The molecule has 376 valence electrons. The lowest BCUT2D eigenvalue weighted by molar-refractivity contribution is -0.151.